The van der Waals surface area contributed by atoms with Gasteiger partial charge >= 0.3 is 6.18 Å². The lowest BCUT2D eigenvalue weighted by Crippen LogP contribution is -2.21. The zero-order valence-corrected chi connectivity index (χ0v) is 10.2. The van der Waals surface area contributed by atoms with Gasteiger partial charge in [-0.2, -0.15) is 13.2 Å². The number of allylic oxidation sites excluding steroid dienone is 1. The van der Waals surface area contributed by atoms with Crippen molar-refractivity contribution in [1.29, 1.82) is 0 Å². The van der Waals surface area contributed by atoms with Crippen LogP contribution in [-0.4, -0.2) is 12.1 Å². The first-order chi connectivity index (χ1) is 8.70. The van der Waals surface area contributed by atoms with E-state index >= 15 is 0 Å². The SMILES string of the molecule is C=C(/C=C(\N)C(F)(F)F)C(=O)Nc1ccc(C)cc1. The summed E-state index contributed by atoms with van der Waals surface area (Å²) in [6.07, 6.45) is -4.17. The molecule has 6 heteroatoms. The van der Waals surface area contributed by atoms with Gasteiger partial charge in [-0.25, -0.2) is 0 Å². The van der Waals surface area contributed by atoms with Crippen molar-refractivity contribution in [3.05, 3.63) is 53.8 Å². The average molecular weight is 270 g/mol. The molecule has 102 valence electrons. The maximum atomic E-state index is 12.2. The van der Waals surface area contributed by atoms with E-state index in [9.17, 15) is 18.0 Å². The van der Waals surface area contributed by atoms with Crippen molar-refractivity contribution in [3.8, 4) is 0 Å². The third kappa shape index (κ3) is 4.50. The Labute approximate surface area is 108 Å². The number of nitrogens with two attached hydrogens (primary N) is 1. The van der Waals surface area contributed by atoms with E-state index in [2.05, 4.69) is 11.9 Å². The van der Waals surface area contributed by atoms with Crippen molar-refractivity contribution in [1.82, 2.24) is 0 Å². The normalized spacial score (nSPS) is 12.1. The minimum Gasteiger partial charge on any atom is -0.395 e. The van der Waals surface area contributed by atoms with Crippen LogP contribution in [0.3, 0.4) is 0 Å². The highest BCUT2D eigenvalue weighted by Gasteiger charge is 2.31. The maximum absolute atomic E-state index is 12.2. The van der Waals surface area contributed by atoms with Gasteiger partial charge in [0.05, 0.1) is 0 Å². The van der Waals surface area contributed by atoms with E-state index in [-0.39, 0.29) is 5.57 Å². The van der Waals surface area contributed by atoms with Gasteiger partial charge in [-0.1, -0.05) is 24.3 Å². The number of amides is 1. The quantitative estimate of drug-likeness (QED) is 0.655. The lowest BCUT2D eigenvalue weighted by molar-refractivity contribution is -0.112. The fourth-order valence-corrected chi connectivity index (χ4v) is 1.18. The van der Waals surface area contributed by atoms with Crippen LogP contribution in [0.5, 0.6) is 0 Å². The van der Waals surface area contributed by atoms with Gasteiger partial charge in [0.15, 0.2) is 0 Å². The van der Waals surface area contributed by atoms with Crippen LogP contribution in [0.25, 0.3) is 0 Å². The van der Waals surface area contributed by atoms with Crippen LogP contribution in [0, 0.1) is 6.92 Å². The summed E-state index contributed by atoms with van der Waals surface area (Å²) in [7, 11) is 0. The molecule has 0 aliphatic carbocycles. The van der Waals surface area contributed by atoms with E-state index < -0.39 is 17.8 Å². The molecule has 0 fully saturated rings. The number of anilines is 1. The summed E-state index contributed by atoms with van der Waals surface area (Å²) in [5.41, 5.74) is 4.53. The molecule has 1 rings (SSSR count). The lowest BCUT2D eigenvalue weighted by Gasteiger charge is -2.08. The molecule has 1 aromatic rings. The molecule has 0 bridgehead atoms. The molecule has 0 heterocycles. The van der Waals surface area contributed by atoms with E-state index in [1.807, 2.05) is 6.92 Å². The largest absolute Gasteiger partial charge is 0.430 e. The van der Waals surface area contributed by atoms with Crippen molar-refractivity contribution in [3.63, 3.8) is 0 Å². The number of nitrogens with one attached hydrogen (secondary N) is 1. The van der Waals surface area contributed by atoms with Crippen molar-refractivity contribution < 1.29 is 18.0 Å². The van der Waals surface area contributed by atoms with Crippen molar-refractivity contribution in [2.45, 2.75) is 13.1 Å². The van der Waals surface area contributed by atoms with Crippen LogP contribution in [0.2, 0.25) is 0 Å². The first-order valence-corrected chi connectivity index (χ1v) is 5.31. The number of carbonyl (C=O) groups is 1. The number of halogens is 3. The Hall–Kier alpha value is -2.24. The van der Waals surface area contributed by atoms with Gasteiger partial charge in [-0.3, -0.25) is 4.79 Å². The molecule has 0 saturated heterocycles. The Bertz CT molecular complexity index is 516. The molecule has 0 aromatic heterocycles. The summed E-state index contributed by atoms with van der Waals surface area (Å²) < 4.78 is 36.5. The number of hydrogen-bond acceptors (Lipinski definition) is 2. The van der Waals surface area contributed by atoms with E-state index in [4.69, 9.17) is 5.73 Å². The molecule has 0 atom stereocenters. The van der Waals surface area contributed by atoms with Crippen molar-refractivity contribution in [2.24, 2.45) is 5.73 Å². The summed E-state index contributed by atoms with van der Waals surface area (Å²) in [4.78, 5) is 11.6. The molecule has 1 aromatic carbocycles. The van der Waals surface area contributed by atoms with E-state index in [1.54, 1.807) is 24.3 Å². The van der Waals surface area contributed by atoms with Crippen LogP contribution >= 0.6 is 0 Å². The van der Waals surface area contributed by atoms with Crippen LogP contribution in [0.1, 0.15) is 5.56 Å². The molecule has 0 saturated carbocycles. The van der Waals surface area contributed by atoms with Crippen LogP contribution in [-0.2, 0) is 4.79 Å². The molecule has 0 radical (unpaired) electrons. The second-order valence-corrected chi connectivity index (χ2v) is 3.94. The summed E-state index contributed by atoms with van der Waals surface area (Å²) in [5.74, 6) is -0.740. The van der Waals surface area contributed by atoms with Crippen molar-refractivity contribution >= 4 is 11.6 Å². The Morgan fingerprint density at radius 1 is 1.32 bits per heavy atom. The van der Waals surface area contributed by atoms with Gasteiger partial charge in [-0.05, 0) is 25.1 Å². The summed E-state index contributed by atoms with van der Waals surface area (Å²) in [5, 5.41) is 2.42. The molecule has 3 nitrogen and oxygen atoms in total. The second kappa shape index (κ2) is 5.60. The average Bonchev–Trinajstić information content (AvgIpc) is 2.30. The topological polar surface area (TPSA) is 55.1 Å². The number of hydrogen-bond donors (Lipinski definition) is 2. The number of benzene rings is 1. The van der Waals surface area contributed by atoms with Gasteiger partial charge < -0.3 is 11.1 Å². The molecule has 3 N–H and O–H groups in total. The summed E-state index contributed by atoms with van der Waals surface area (Å²) in [6.45, 7) is 5.13. The molecule has 1 amide bonds. The first kappa shape index (κ1) is 14.8. The van der Waals surface area contributed by atoms with Gasteiger partial charge in [0.2, 0.25) is 0 Å². The first-order valence-electron chi connectivity index (χ1n) is 5.31. The Kier molecular flexibility index (Phi) is 4.37. The number of carbonyl (C=O) groups excluding carboxylic acids is 1. The highest BCUT2D eigenvalue weighted by molar-refractivity contribution is 6.05. The van der Waals surface area contributed by atoms with Gasteiger partial charge in [-0.15, -0.1) is 0 Å². The number of aryl methyl sites for hydroxylation is 1. The molecular weight excluding hydrogens is 257 g/mol. The van der Waals surface area contributed by atoms with Crippen LogP contribution in [0.15, 0.2) is 48.2 Å². The molecule has 0 unspecified atom stereocenters. The predicted octanol–water partition coefficient (Wildman–Crippen LogP) is 2.89. The molecule has 0 spiro atoms. The van der Waals surface area contributed by atoms with Gasteiger partial charge in [0.25, 0.3) is 5.91 Å². The lowest BCUT2D eigenvalue weighted by atomic mass is 10.2. The Morgan fingerprint density at radius 3 is 2.32 bits per heavy atom. The summed E-state index contributed by atoms with van der Waals surface area (Å²) >= 11 is 0. The zero-order chi connectivity index (χ0) is 14.6. The Morgan fingerprint density at radius 2 is 1.84 bits per heavy atom. The maximum Gasteiger partial charge on any atom is 0.430 e. The number of rotatable bonds is 3. The molecule has 0 aliphatic rings. The standard InChI is InChI=1S/C13H13F3N2O/c1-8-3-5-10(6-4-8)18-12(19)9(2)7-11(17)13(14,15)16/h3-7H,2,17H2,1H3,(H,18,19)/b11-7-. The van der Waals surface area contributed by atoms with E-state index in [1.165, 1.54) is 0 Å². The highest BCUT2D eigenvalue weighted by atomic mass is 19.4. The monoisotopic (exact) mass is 270 g/mol. The smallest absolute Gasteiger partial charge is 0.395 e. The molecule has 19 heavy (non-hydrogen) atoms. The number of alkyl halides is 3. The minimum atomic E-state index is -4.67. The zero-order valence-electron chi connectivity index (χ0n) is 10.2. The third-order valence-electron chi connectivity index (χ3n) is 2.26. The summed E-state index contributed by atoms with van der Waals surface area (Å²) in [6, 6.07) is 6.80. The van der Waals surface area contributed by atoms with Gasteiger partial charge in [0, 0.05) is 11.3 Å². The van der Waals surface area contributed by atoms with E-state index in [0.717, 1.165) is 5.56 Å². The molecule has 0 aliphatic heterocycles. The second-order valence-electron chi connectivity index (χ2n) is 3.94. The van der Waals surface area contributed by atoms with Crippen LogP contribution in [0.4, 0.5) is 18.9 Å². The van der Waals surface area contributed by atoms with Gasteiger partial charge in [0.1, 0.15) is 5.70 Å². The highest BCUT2D eigenvalue weighted by Crippen LogP contribution is 2.22. The predicted molar refractivity (Wildman–Crippen MR) is 67.3 cm³/mol. The minimum absolute atomic E-state index is 0.365. The molecular formula is C13H13F3N2O. The van der Waals surface area contributed by atoms with Crippen LogP contribution < -0.4 is 11.1 Å². The fourth-order valence-electron chi connectivity index (χ4n) is 1.18. The fraction of sp³-hybridized carbons (Fsp3) is 0.154. The van der Waals surface area contributed by atoms with E-state index in [0.29, 0.717) is 11.8 Å². The third-order valence-corrected chi connectivity index (χ3v) is 2.26. The Balaban J connectivity index is 2.74. The van der Waals surface area contributed by atoms with Crippen molar-refractivity contribution in [2.75, 3.05) is 5.32 Å².